The Balaban J connectivity index is 2.53. The van der Waals surface area contributed by atoms with Gasteiger partial charge in [0.1, 0.15) is 0 Å². The van der Waals surface area contributed by atoms with Gasteiger partial charge in [-0.25, -0.2) is 0 Å². The minimum Gasteiger partial charge on any atom is -0.112 e. The van der Waals surface area contributed by atoms with E-state index in [4.69, 9.17) is 34.8 Å². The first-order valence-corrected chi connectivity index (χ1v) is 7.26. The molecule has 0 aliphatic carbocycles. The summed E-state index contributed by atoms with van der Waals surface area (Å²) >= 11 is 19.2. The number of rotatable bonds is 2. The van der Waals surface area contributed by atoms with Crippen molar-refractivity contribution in [3.05, 3.63) is 68.2 Å². The van der Waals surface area contributed by atoms with Gasteiger partial charge in [0.15, 0.2) is 0 Å². The lowest BCUT2D eigenvalue weighted by Crippen LogP contribution is -1.98. The average molecular weight is 314 g/mol. The molecule has 1 unspecified atom stereocenters. The van der Waals surface area contributed by atoms with E-state index in [1.165, 1.54) is 5.56 Å². The highest BCUT2D eigenvalue weighted by Crippen LogP contribution is 2.38. The molecule has 0 bridgehead atoms. The van der Waals surface area contributed by atoms with E-state index >= 15 is 0 Å². The fourth-order valence-electron chi connectivity index (χ4n) is 2.03. The molecule has 0 heterocycles. The van der Waals surface area contributed by atoms with Crippen molar-refractivity contribution in [1.82, 2.24) is 0 Å². The smallest absolute Gasteiger partial charge is 0.0864 e. The van der Waals surface area contributed by atoms with Crippen molar-refractivity contribution in [1.29, 1.82) is 0 Å². The van der Waals surface area contributed by atoms with Crippen molar-refractivity contribution in [2.24, 2.45) is 0 Å². The molecule has 2 aromatic rings. The maximum Gasteiger partial charge on any atom is 0.0864 e. The van der Waals surface area contributed by atoms with Gasteiger partial charge in [-0.3, -0.25) is 0 Å². The normalized spacial score (nSPS) is 12.5. The van der Waals surface area contributed by atoms with Crippen LogP contribution in [0.25, 0.3) is 0 Å². The van der Waals surface area contributed by atoms with Crippen LogP contribution in [0.4, 0.5) is 0 Å². The molecular weight excluding hydrogens is 299 g/mol. The Morgan fingerprint density at radius 3 is 2.16 bits per heavy atom. The summed E-state index contributed by atoms with van der Waals surface area (Å²) in [6.07, 6.45) is 0. The highest BCUT2D eigenvalue weighted by atomic mass is 35.5. The van der Waals surface area contributed by atoms with Gasteiger partial charge in [-0.1, -0.05) is 47.5 Å². The molecule has 1 atom stereocenters. The molecule has 19 heavy (non-hydrogen) atoms. The molecule has 2 aromatic carbocycles. The molecule has 0 N–H and O–H groups in total. The van der Waals surface area contributed by atoms with E-state index in [-0.39, 0.29) is 5.38 Å². The summed E-state index contributed by atoms with van der Waals surface area (Å²) in [4.78, 5) is 0. The Morgan fingerprint density at radius 1 is 0.842 bits per heavy atom. The van der Waals surface area contributed by atoms with Crippen LogP contribution in [0.3, 0.4) is 0 Å². The van der Waals surface area contributed by atoms with Crippen LogP contribution < -0.4 is 0 Å². The summed E-state index contributed by atoms with van der Waals surface area (Å²) in [5, 5.41) is 1.05. The predicted octanol–water partition coefficient (Wildman–Crippen LogP) is 6.25. The van der Waals surface area contributed by atoms with Gasteiger partial charge in [-0.2, -0.15) is 0 Å². The third kappa shape index (κ3) is 2.91. The van der Waals surface area contributed by atoms with Gasteiger partial charge < -0.3 is 0 Å². The number of hydrogen-bond donors (Lipinski definition) is 0. The van der Waals surface area contributed by atoms with Gasteiger partial charge in [0.05, 0.1) is 5.38 Å². The van der Waals surface area contributed by atoms with Crippen LogP contribution in [0.2, 0.25) is 10.0 Å². The molecular formula is C16H15Cl3. The topological polar surface area (TPSA) is 0 Å². The van der Waals surface area contributed by atoms with Gasteiger partial charge in [-0.15, -0.1) is 11.6 Å². The van der Waals surface area contributed by atoms with Crippen LogP contribution in [-0.2, 0) is 0 Å². The van der Waals surface area contributed by atoms with Crippen LogP contribution >= 0.6 is 34.8 Å². The third-order valence-electron chi connectivity index (χ3n) is 3.38. The summed E-state index contributed by atoms with van der Waals surface area (Å²) in [6, 6.07) is 9.86. The minimum absolute atomic E-state index is 0.334. The first-order chi connectivity index (χ1) is 8.91. The number of benzene rings is 2. The lowest BCUT2D eigenvalue weighted by Gasteiger charge is -2.16. The standard InChI is InChI=1S/C16H15Cl3/c1-9-5-4-6-12(15(9)18)16(19)13-7-10(2)11(3)8-14(13)17/h4-8,16H,1-3H3. The maximum atomic E-state index is 6.57. The molecule has 0 nitrogen and oxygen atoms in total. The van der Waals surface area contributed by atoms with E-state index < -0.39 is 0 Å². The number of alkyl halides is 1. The maximum absolute atomic E-state index is 6.57. The lowest BCUT2D eigenvalue weighted by molar-refractivity contribution is 1.12. The second kappa shape index (κ2) is 5.75. The summed E-state index contributed by atoms with van der Waals surface area (Å²) in [5.74, 6) is 0. The Bertz CT molecular complexity index is 618. The zero-order valence-electron chi connectivity index (χ0n) is 11.1. The summed E-state index contributed by atoms with van der Waals surface area (Å²) < 4.78 is 0. The van der Waals surface area contributed by atoms with Crippen LogP contribution in [-0.4, -0.2) is 0 Å². The lowest BCUT2D eigenvalue weighted by atomic mass is 9.99. The molecule has 0 radical (unpaired) electrons. The van der Waals surface area contributed by atoms with Crippen molar-refractivity contribution in [3.63, 3.8) is 0 Å². The molecule has 3 heteroatoms. The van der Waals surface area contributed by atoms with E-state index in [2.05, 4.69) is 6.92 Å². The Hall–Kier alpha value is -0.690. The van der Waals surface area contributed by atoms with E-state index in [0.717, 1.165) is 22.3 Å². The van der Waals surface area contributed by atoms with Crippen molar-refractivity contribution in [3.8, 4) is 0 Å². The predicted molar refractivity (Wildman–Crippen MR) is 84.8 cm³/mol. The number of hydrogen-bond acceptors (Lipinski definition) is 0. The largest absolute Gasteiger partial charge is 0.112 e. The van der Waals surface area contributed by atoms with Crippen LogP contribution in [0.5, 0.6) is 0 Å². The average Bonchev–Trinajstić information content (AvgIpc) is 2.36. The van der Waals surface area contributed by atoms with Crippen LogP contribution in [0.1, 0.15) is 33.2 Å². The number of aryl methyl sites for hydroxylation is 3. The second-order valence-electron chi connectivity index (χ2n) is 4.80. The molecule has 0 aliphatic heterocycles. The van der Waals surface area contributed by atoms with Crippen LogP contribution in [0.15, 0.2) is 30.3 Å². The quantitative estimate of drug-likeness (QED) is 0.575. The van der Waals surface area contributed by atoms with Gasteiger partial charge in [0, 0.05) is 10.0 Å². The fraction of sp³-hybridized carbons (Fsp3) is 0.250. The molecule has 0 amide bonds. The summed E-state index contributed by atoms with van der Waals surface area (Å²) in [5.41, 5.74) is 5.15. The van der Waals surface area contributed by atoms with Crippen LogP contribution in [0, 0.1) is 20.8 Å². The Morgan fingerprint density at radius 2 is 1.47 bits per heavy atom. The molecule has 0 fully saturated rings. The van der Waals surface area contributed by atoms with E-state index in [1.54, 1.807) is 0 Å². The first-order valence-electron chi connectivity index (χ1n) is 6.07. The molecule has 2 rings (SSSR count). The molecule has 0 spiro atoms. The monoisotopic (exact) mass is 312 g/mol. The van der Waals surface area contributed by atoms with Crippen molar-refractivity contribution < 1.29 is 0 Å². The molecule has 0 aromatic heterocycles. The molecule has 0 saturated carbocycles. The summed E-state index contributed by atoms with van der Waals surface area (Å²) in [7, 11) is 0. The van der Waals surface area contributed by atoms with E-state index in [9.17, 15) is 0 Å². The SMILES string of the molecule is Cc1cc(Cl)c(C(Cl)c2cccc(C)c2Cl)cc1C. The van der Waals surface area contributed by atoms with Crippen molar-refractivity contribution in [2.75, 3.05) is 0 Å². The molecule has 100 valence electrons. The second-order valence-corrected chi connectivity index (χ2v) is 6.02. The van der Waals surface area contributed by atoms with Gasteiger partial charge >= 0.3 is 0 Å². The Labute approximate surface area is 129 Å². The first kappa shape index (κ1) is 14.7. The van der Waals surface area contributed by atoms with E-state index in [0.29, 0.717) is 10.0 Å². The van der Waals surface area contributed by atoms with Crippen molar-refractivity contribution >= 4 is 34.8 Å². The third-order valence-corrected chi connectivity index (χ3v) is 4.69. The fourth-order valence-corrected chi connectivity index (χ4v) is 3.07. The van der Waals surface area contributed by atoms with E-state index in [1.807, 2.05) is 44.2 Å². The van der Waals surface area contributed by atoms with Gasteiger partial charge in [0.2, 0.25) is 0 Å². The number of halogens is 3. The van der Waals surface area contributed by atoms with Gasteiger partial charge in [0.25, 0.3) is 0 Å². The van der Waals surface area contributed by atoms with Gasteiger partial charge in [-0.05, 0) is 54.7 Å². The zero-order chi connectivity index (χ0) is 14.2. The minimum atomic E-state index is -0.334. The summed E-state index contributed by atoms with van der Waals surface area (Å²) in [6.45, 7) is 6.06. The highest BCUT2D eigenvalue weighted by Gasteiger charge is 2.18. The zero-order valence-corrected chi connectivity index (χ0v) is 13.4. The van der Waals surface area contributed by atoms with Crippen molar-refractivity contribution in [2.45, 2.75) is 26.1 Å². The Kier molecular flexibility index (Phi) is 4.45. The molecule has 0 saturated heterocycles. The molecule has 0 aliphatic rings. The highest BCUT2D eigenvalue weighted by molar-refractivity contribution is 6.35.